The highest BCUT2D eigenvalue weighted by molar-refractivity contribution is 14.0. The molecule has 0 saturated heterocycles. The van der Waals surface area contributed by atoms with Crippen LogP contribution < -0.4 is 16.0 Å². The maximum Gasteiger partial charge on any atom is 0.252 e. The molecule has 2 aromatic rings. The van der Waals surface area contributed by atoms with Crippen molar-refractivity contribution in [2.24, 2.45) is 4.99 Å². The topological polar surface area (TPSA) is 78.4 Å². The molecule has 0 saturated carbocycles. The van der Waals surface area contributed by atoms with Crippen molar-refractivity contribution < 1.29 is 4.79 Å². The van der Waals surface area contributed by atoms with E-state index in [1.807, 2.05) is 24.3 Å². The van der Waals surface area contributed by atoms with Gasteiger partial charge >= 0.3 is 0 Å². The summed E-state index contributed by atoms with van der Waals surface area (Å²) in [5.41, 5.74) is 1.53. The molecule has 1 aromatic heterocycles. The molecular weight excluding hydrogens is 453 g/mol. The summed E-state index contributed by atoms with van der Waals surface area (Å²) in [4.78, 5) is 19.9. The largest absolute Gasteiger partial charge is 0.355 e. The fraction of sp³-hybridized carbons (Fsp3) is 0.235. The predicted octanol–water partition coefficient (Wildman–Crippen LogP) is 2.45. The zero-order valence-corrected chi connectivity index (χ0v) is 16.9. The molecule has 0 aliphatic rings. The number of halogens is 2. The van der Waals surface area contributed by atoms with Gasteiger partial charge in [0.25, 0.3) is 5.91 Å². The third-order valence-corrected chi connectivity index (χ3v) is 3.62. The first kappa shape index (κ1) is 21.2. The van der Waals surface area contributed by atoms with Crippen LogP contribution in [0.1, 0.15) is 15.9 Å². The monoisotopic (exact) mass is 473 g/mol. The zero-order chi connectivity index (χ0) is 17.2. The van der Waals surface area contributed by atoms with Gasteiger partial charge in [0, 0.05) is 44.1 Å². The first-order valence-electron chi connectivity index (χ1n) is 7.57. The number of amides is 1. The molecule has 6 nitrogen and oxygen atoms in total. The standard InChI is InChI=1S/C17H20ClN5O.HI/c1-19-17(23-12-13-5-2-3-7-15(13)18)22-10-9-21-16(24)14-6-4-8-20-11-14;/h2-8,11H,9-10,12H2,1H3,(H,21,24)(H2,19,22,23);1H. The second-order valence-electron chi connectivity index (χ2n) is 4.94. The van der Waals surface area contributed by atoms with Crippen LogP contribution >= 0.6 is 35.6 Å². The van der Waals surface area contributed by atoms with E-state index in [0.29, 0.717) is 36.2 Å². The van der Waals surface area contributed by atoms with Crippen LogP contribution in [0.5, 0.6) is 0 Å². The van der Waals surface area contributed by atoms with Gasteiger partial charge in [0.1, 0.15) is 0 Å². The fourth-order valence-corrected chi connectivity index (χ4v) is 2.20. The van der Waals surface area contributed by atoms with Crippen LogP contribution in [0.4, 0.5) is 0 Å². The summed E-state index contributed by atoms with van der Waals surface area (Å²) in [6.07, 6.45) is 3.17. The Hall–Kier alpha value is -1.87. The number of nitrogens with one attached hydrogen (secondary N) is 3. The van der Waals surface area contributed by atoms with Crippen LogP contribution in [0, 0.1) is 0 Å². The number of aliphatic imine (C=N–C) groups is 1. The lowest BCUT2D eigenvalue weighted by Crippen LogP contribution is -2.41. The van der Waals surface area contributed by atoms with E-state index in [-0.39, 0.29) is 29.9 Å². The molecule has 0 atom stereocenters. The summed E-state index contributed by atoms with van der Waals surface area (Å²) in [5.74, 6) is 0.495. The lowest BCUT2D eigenvalue weighted by molar-refractivity contribution is 0.0954. The number of aromatic nitrogens is 1. The van der Waals surface area contributed by atoms with Gasteiger partial charge in [0.2, 0.25) is 0 Å². The highest BCUT2D eigenvalue weighted by atomic mass is 127. The van der Waals surface area contributed by atoms with Gasteiger partial charge in [-0.05, 0) is 23.8 Å². The quantitative estimate of drug-likeness (QED) is 0.261. The number of carbonyl (C=O) groups is 1. The van der Waals surface area contributed by atoms with Gasteiger partial charge in [-0.2, -0.15) is 0 Å². The zero-order valence-electron chi connectivity index (χ0n) is 13.8. The molecule has 0 spiro atoms. The minimum Gasteiger partial charge on any atom is -0.355 e. The summed E-state index contributed by atoms with van der Waals surface area (Å²) in [5, 5.41) is 9.84. The van der Waals surface area contributed by atoms with Crippen LogP contribution in [0.25, 0.3) is 0 Å². The molecule has 0 radical (unpaired) electrons. The minimum atomic E-state index is -0.149. The molecule has 3 N–H and O–H groups in total. The van der Waals surface area contributed by atoms with Gasteiger partial charge in [-0.3, -0.25) is 14.8 Å². The first-order valence-corrected chi connectivity index (χ1v) is 7.94. The van der Waals surface area contributed by atoms with Crippen LogP contribution in [0.15, 0.2) is 53.8 Å². The number of pyridine rings is 1. The van der Waals surface area contributed by atoms with E-state index >= 15 is 0 Å². The average Bonchev–Trinajstić information content (AvgIpc) is 2.63. The van der Waals surface area contributed by atoms with Crippen LogP contribution in [0.2, 0.25) is 5.02 Å². The third-order valence-electron chi connectivity index (χ3n) is 3.25. The van der Waals surface area contributed by atoms with E-state index < -0.39 is 0 Å². The minimum absolute atomic E-state index is 0. The normalized spacial score (nSPS) is 10.6. The Morgan fingerprint density at radius 3 is 2.56 bits per heavy atom. The molecule has 134 valence electrons. The Bertz CT molecular complexity index is 696. The maximum atomic E-state index is 11.9. The molecule has 25 heavy (non-hydrogen) atoms. The molecule has 0 fully saturated rings. The third kappa shape index (κ3) is 7.27. The smallest absolute Gasteiger partial charge is 0.252 e. The number of hydrogen-bond acceptors (Lipinski definition) is 3. The first-order chi connectivity index (χ1) is 11.7. The molecule has 0 unspecified atom stereocenters. The van der Waals surface area contributed by atoms with Crippen molar-refractivity contribution in [3.63, 3.8) is 0 Å². The van der Waals surface area contributed by atoms with Crippen molar-refractivity contribution in [2.45, 2.75) is 6.54 Å². The van der Waals surface area contributed by atoms with Gasteiger partial charge in [-0.25, -0.2) is 0 Å². The molecule has 0 bridgehead atoms. The molecule has 1 amide bonds. The Balaban J connectivity index is 0.00000312. The van der Waals surface area contributed by atoms with Crippen molar-refractivity contribution >= 4 is 47.4 Å². The van der Waals surface area contributed by atoms with Gasteiger partial charge in [-0.15, -0.1) is 24.0 Å². The molecule has 8 heteroatoms. The summed E-state index contributed by atoms with van der Waals surface area (Å²) in [6.45, 7) is 1.59. The van der Waals surface area contributed by atoms with E-state index in [0.717, 1.165) is 5.56 Å². The van der Waals surface area contributed by atoms with E-state index in [4.69, 9.17) is 11.6 Å². The van der Waals surface area contributed by atoms with Gasteiger partial charge < -0.3 is 16.0 Å². The molecular formula is C17H21ClIN5O. The second-order valence-corrected chi connectivity index (χ2v) is 5.35. The van der Waals surface area contributed by atoms with Crippen molar-refractivity contribution in [1.29, 1.82) is 0 Å². The molecule has 1 heterocycles. The van der Waals surface area contributed by atoms with Crippen molar-refractivity contribution in [2.75, 3.05) is 20.1 Å². The van der Waals surface area contributed by atoms with E-state index in [1.165, 1.54) is 6.20 Å². The van der Waals surface area contributed by atoms with E-state index in [1.54, 1.807) is 25.4 Å². The molecule has 1 aromatic carbocycles. The second kappa shape index (κ2) is 11.6. The maximum absolute atomic E-state index is 11.9. The van der Waals surface area contributed by atoms with Crippen LogP contribution in [-0.4, -0.2) is 37.0 Å². The number of nitrogens with zero attached hydrogens (tertiary/aromatic N) is 2. The van der Waals surface area contributed by atoms with E-state index in [2.05, 4.69) is 25.9 Å². The summed E-state index contributed by atoms with van der Waals surface area (Å²) in [6, 6.07) is 11.1. The Morgan fingerprint density at radius 2 is 1.88 bits per heavy atom. The lowest BCUT2D eigenvalue weighted by Gasteiger charge is -2.13. The Kier molecular flexibility index (Phi) is 9.86. The Morgan fingerprint density at radius 1 is 1.12 bits per heavy atom. The molecule has 0 aliphatic carbocycles. The summed E-state index contributed by atoms with van der Waals surface area (Å²) in [7, 11) is 1.69. The van der Waals surface area contributed by atoms with Crippen LogP contribution in [0.3, 0.4) is 0 Å². The van der Waals surface area contributed by atoms with Gasteiger partial charge in [-0.1, -0.05) is 29.8 Å². The number of hydrogen-bond donors (Lipinski definition) is 3. The fourth-order valence-electron chi connectivity index (χ4n) is 2.00. The SMILES string of the molecule is CN=C(NCCNC(=O)c1cccnc1)NCc1ccccc1Cl.I. The van der Waals surface area contributed by atoms with E-state index in [9.17, 15) is 4.79 Å². The highest BCUT2D eigenvalue weighted by Gasteiger charge is 2.04. The highest BCUT2D eigenvalue weighted by Crippen LogP contribution is 2.14. The van der Waals surface area contributed by atoms with Crippen LogP contribution in [-0.2, 0) is 6.54 Å². The Labute approximate surface area is 169 Å². The summed E-state index contributed by atoms with van der Waals surface area (Å²) >= 11 is 6.12. The van der Waals surface area contributed by atoms with Gasteiger partial charge in [0.05, 0.1) is 5.56 Å². The number of rotatable bonds is 6. The molecule has 0 aliphatic heterocycles. The lowest BCUT2D eigenvalue weighted by atomic mass is 10.2. The van der Waals surface area contributed by atoms with Crippen molar-refractivity contribution in [3.8, 4) is 0 Å². The average molecular weight is 474 g/mol. The predicted molar refractivity (Wildman–Crippen MR) is 112 cm³/mol. The number of guanidine groups is 1. The van der Waals surface area contributed by atoms with Crippen molar-refractivity contribution in [1.82, 2.24) is 20.9 Å². The summed E-state index contributed by atoms with van der Waals surface area (Å²) < 4.78 is 0. The number of benzene rings is 1. The molecule has 2 rings (SSSR count). The number of carbonyl (C=O) groups excluding carboxylic acids is 1. The van der Waals surface area contributed by atoms with Crippen molar-refractivity contribution in [3.05, 3.63) is 64.9 Å². The van der Waals surface area contributed by atoms with Gasteiger partial charge in [0.15, 0.2) is 5.96 Å².